The van der Waals surface area contributed by atoms with Gasteiger partial charge in [-0.3, -0.25) is 4.79 Å². The predicted molar refractivity (Wildman–Crippen MR) is 182 cm³/mol. The third-order valence-electron chi connectivity index (χ3n) is 8.62. The number of unbranched alkanes of at least 4 members (excludes halogenated alkanes) is 28. The standard InChI is InChI=1S/C38H76O4/c1-3-5-7-9-11-13-15-17-18-19-20-22-24-26-28-30-32-34-41-35-37(39)36-42-38(40)33-31-29-27-25-23-21-16-14-12-10-8-6-4-2/h37,39H,3-36H2,1-2H3/t37-/m1/s1. The first-order valence-electron chi connectivity index (χ1n) is 19.1. The number of aliphatic hydroxyl groups excluding tert-OH is 1. The van der Waals surface area contributed by atoms with Crippen molar-refractivity contribution in [2.75, 3.05) is 19.8 Å². The van der Waals surface area contributed by atoms with E-state index < -0.39 is 6.10 Å². The van der Waals surface area contributed by atoms with E-state index in [1.54, 1.807) is 0 Å². The highest BCUT2D eigenvalue weighted by atomic mass is 16.5. The second kappa shape index (κ2) is 36.6. The molecule has 1 N–H and O–H groups in total. The average molecular weight is 597 g/mol. The van der Waals surface area contributed by atoms with Crippen LogP contribution in [-0.2, 0) is 14.3 Å². The highest BCUT2D eigenvalue weighted by Crippen LogP contribution is 2.15. The predicted octanol–water partition coefficient (Wildman–Crippen LogP) is 12.0. The van der Waals surface area contributed by atoms with Crippen LogP contribution in [0.3, 0.4) is 0 Å². The van der Waals surface area contributed by atoms with Crippen molar-refractivity contribution in [3.8, 4) is 0 Å². The molecule has 0 radical (unpaired) electrons. The van der Waals surface area contributed by atoms with Gasteiger partial charge in [-0.25, -0.2) is 0 Å². The summed E-state index contributed by atoms with van der Waals surface area (Å²) >= 11 is 0. The molecular formula is C38H76O4. The Bertz CT molecular complexity index is 509. The maximum absolute atomic E-state index is 11.9. The zero-order valence-corrected chi connectivity index (χ0v) is 28.8. The molecule has 0 bridgehead atoms. The van der Waals surface area contributed by atoms with Crippen LogP contribution in [-0.4, -0.2) is 37.0 Å². The van der Waals surface area contributed by atoms with Crippen LogP contribution in [0.4, 0.5) is 0 Å². The summed E-state index contributed by atoms with van der Waals surface area (Å²) in [7, 11) is 0. The summed E-state index contributed by atoms with van der Waals surface area (Å²) in [6.45, 7) is 5.55. The first-order chi connectivity index (χ1) is 20.7. The van der Waals surface area contributed by atoms with E-state index in [0.717, 1.165) is 19.3 Å². The Morgan fingerprint density at radius 1 is 0.452 bits per heavy atom. The van der Waals surface area contributed by atoms with E-state index in [9.17, 15) is 9.90 Å². The Kier molecular flexibility index (Phi) is 36.0. The third-order valence-corrected chi connectivity index (χ3v) is 8.62. The molecule has 0 rings (SSSR count). The molecule has 252 valence electrons. The molecule has 0 aromatic rings. The largest absolute Gasteiger partial charge is 0.463 e. The summed E-state index contributed by atoms with van der Waals surface area (Å²) in [5.74, 6) is -0.190. The van der Waals surface area contributed by atoms with Gasteiger partial charge in [0.1, 0.15) is 12.7 Å². The number of hydrogen-bond acceptors (Lipinski definition) is 4. The van der Waals surface area contributed by atoms with Crippen LogP contribution in [0.2, 0.25) is 0 Å². The molecule has 0 aliphatic heterocycles. The van der Waals surface area contributed by atoms with E-state index in [1.165, 1.54) is 173 Å². The molecule has 0 aromatic carbocycles. The van der Waals surface area contributed by atoms with Gasteiger partial charge in [0.2, 0.25) is 0 Å². The summed E-state index contributed by atoms with van der Waals surface area (Å²) in [5, 5.41) is 10.0. The van der Waals surface area contributed by atoms with Crippen LogP contribution in [0.1, 0.15) is 213 Å². The van der Waals surface area contributed by atoms with Gasteiger partial charge in [-0.1, -0.05) is 194 Å². The van der Waals surface area contributed by atoms with Gasteiger partial charge in [-0.05, 0) is 12.8 Å². The van der Waals surface area contributed by atoms with Crippen LogP contribution < -0.4 is 0 Å². The van der Waals surface area contributed by atoms with Crippen molar-refractivity contribution in [2.24, 2.45) is 0 Å². The molecule has 0 aromatic heterocycles. The van der Waals surface area contributed by atoms with Gasteiger partial charge in [-0.15, -0.1) is 0 Å². The first-order valence-corrected chi connectivity index (χ1v) is 19.1. The van der Waals surface area contributed by atoms with Crippen molar-refractivity contribution >= 4 is 5.97 Å². The molecule has 0 spiro atoms. The van der Waals surface area contributed by atoms with Crippen molar-refractivity contribution in [3.63, 3.8) is 0 Å². The Balaban J connectivity index is 3.25. The van der Waals surface area contributed by atoms with Crippen LogP contribution in [0.15, 0.2) is 0 Å². The third kappa shape index (κ3) is 35.6. The van der Waals surface area contributed by atoms with Gasteiger partial charge in [-0.2, -0.15) is 0 Å². The smallest absolute Gasteiger partial charge is 0.305 e. The number of esters is 1. The summed E-state index contributed by atoms with van der Waals surface area (Å²) in [4.78, 5) is 11.9. The lowest BCUT2D eigenvalue weighted by Gasteiger charge is -2.12. The van der Waals surface area contributed by atoms with Gasteiger partial charge in [0, 0.05) is 13.0 Å². The lowest BCUT2D eigenvalue weighted by atomic mass is 10.0. The topological polar surface area (TPSA) is 55.8 Å². The highest BCUT2D eigenvalue weighted by Gasteiger charge is 2.09. The maximum atomic E-state index is 11.9. The molecule has 42 heavy (non-hydrogen) atoms. The van der Waals surface area contributed by atoms with Crippen LogP contribution in [0.25, 0.3) is 0 Å². The monoisotopic (exact) mass is 597 g/mol. The molecule has 0 aliphatic rings. The van der Waals surface area contributed by atoms with Gasteiger partial charge < -0.3 is 14.6 Å². The number of hydrogen-bond donors (Lipinski definition) is 1. The van der Waals surface area contributed by atoms with Gasteiger partial charge in [0.05, 0.1) is 6.61 Å². The Morgan fingerprint density at radius 2 is 0.762 bits per heavy atom. The fourth-order valence-electron chi connectivity index (χ4n) is 5.74. The molecule has 0 unspecified atom stereocenters. The molecule has 0 aliphatic carbocycles. The first kappa shape index (κ1) is 41.4. The quantitative estimate of drug-likeness (QED) is 0.0577. The number of carbonyl (C=O) groups is 1. The highest BCUT2D eigenvalue weighted by molar-refractivity contribution is 5.69. The second-order valence-electron chi connectivity index (χ2n) is 13.1. The van der Waals surface area contributed by atoms with Crippen molar-refractivity contribution in [2.45, 2.75) is 219 Å². The molecule has 0 saturated heterocycles. The SMILES string of the molecule is CCCCCCCCCCCCCCCCCCCOC[C@@H](O)COC(=O)CCCCCCCCCCCCCCC. The fourth-order valence-corrected chi connectivity index (χ4v) is 5.74. The lowest BCUT2D eigenvalue weighted by molar-refractivity contribution is -0.147. The van der Waals surface area contributed by atoms with E-state index in [4.69, 9.17) is 9.47 Å². The Hall–Kier alpha value is -0.610. The van der Waals surface area contributed by atoms with E-state index >= 15 is 0 Å². The van der Waals surface area contributed by atoms with Crippen LogP contribution >= 0.6 is 0 Å². The summed E-state index contributed by atoms with van der Waals surface area (Å²) < 4.78 is 10.8. The lowest BCUT2D eigenvalue weighted by Crippen LogP contribution is -2.24. The number of ether oxygens (including phenoxy) is 2. The summed E-state index contributed by atoms with van der Waals surface area (Å²) in [5.41, 5.74) is 0. The second-order valence-corrected chi connectivity index (χ2v) is 13.1. The summed E-state index contributed by atoms with van der Waals surface area (Å²) in [6, 6.07) is 0. The van der Waals surface area contributed by atoms with Crippen LogP contribution in [0, 0.1) is 0 Å². The Morgan fingerprint density at radius 3 is 1.12 bits per heavy atom. The van der Waals surface area contributed by atoms with Gasteiger partial charge in [0.15, 0.2) is 0 Å². The van der Waals surface area contributed by atoms with Crippen molar-refractivity contribution < 1.29 is 19.4 Å². The molecular weight excluding hydrogens is 520 g/mol. The van der Waals surface area contributed by atoms with Crippen molar-refractivity contribution in [1.82, 2.24) is 0 Å². The molecule has 1 atom stereocenters. The maximum Gasteiger partial charge on any atom is 0.305 e. The Labute approximate surface area is 263 Å². The minimum absolute atomic E-state index is 0.0519. The fraction of sp³-hybridized carbons (Fsp3) is 0.974. The number of aliphatic hydroxyl groups is 1. The molecule has 0 saturated carbocycles. The zero-order chi connectivity index (χ0) is 30.6. The molecule has 0 amide bonds. The van der Waals surface area contributed by atoms with E-state index in [0.29, 0.717) is 13.0 Å². The van der Waals surface area contributed by atoms with E-state index in [1.807, 2.05) is 0 Å². The minimum Gasteiger partial charge on any atom is -0.463 e. The normalized spacial score (nSPS) is 12.2. The van der Waals surface area contributed by atoms with Crippen LogP contribution in [0.5, 0.6) is 0 Å². The summed E-state index contributed by atoms with van der Waals surface area (Å²) in [6.07, 6.45) is 39.9. The van der Waals surface area contributed by atoms with Gasteiger partial charge >= 0.3 is 5.97 Å². The van der Waals surface area contributed by atoms with Gasteiger partial charge in [0.25, 0.3) is 0 Å². The molecule has 4 nitrogen and oxygen atoms in total. The van der Waals surface area contributed by atoms with Crippen molar-refractivity contribution in [1.29, 1.82) is 0 Å². The molecule has 0 heterocycles. The number of carbonyl (C=O) groups excluding carboxylic acids is 1. The zero-order valence-electron chi connectivity index (χ0n) is 28.8. The molecule has 0 fully saturated rings. The van der Waals surface area contributed by atoms with E-state index in [-0.39, 0.29) is 19.2 Å². The minimum atomic E-state index is -0.716. The number of rotatable bonds is 36. The van der Waals surface area contributed by atoms with Crippen molar-refractivity contribution in [3.05, 3.63) is 0 Å². The average Bonchev–Trinajstić information content (AvgIpc) is 2.99. The molecule has 4 heteroatoms. The van der Waals surface area contributed by atoms with E-state index in [2.05, 4.69) is 13.8 Å².